The van der Waals surface area contributed by atoms with E-state index in [-0.39, 0.29) is 0 Å². The van der Waals surface area contributed by atoms with Gasteiger partial charge in [-0.25, -0.2) is 0 Å². The molecule has 102 valence electrons. The van der Waals surface area contributed by atoms with Crippen molar-refractivity contribution in [3.05, 3.63) is 29.8 Å². The van der Waals surface area contributed by atoms with Crippen LogP contribution in [0, 0.1) is 6.92 Å². The van der Waals surface area contributed by atoms with Crippen LogP contribution < -0.4 is 4.90 Å². The van der Waals surface area contributed by atoms with E-state index in [9.17, 15) is 0 Å². The molecular formula is C16H28N2. The van der Waals surface area contributed by atoms with E-state index in [1.54, 1.807) is 0 Å². The van der Waals surface area contributed by atoms with Gasteiger partial charge in [0.25, 0.3) is 0 Å². The van der Waals surface area contributed by atoms with Gasteiger partial charge in [-0.3, -0.25) is 0 Å². The van der Waals surface area contributed by atoms with Crippen molar-refractivity contribution in [2.75, 3.05) is 32.1 Å². The Morgan fingerprint density at radius 3 is 1.94 bits per heavy atom. The van der Waals surface area contributed by atoms with Crippen LogP contribution in [0.1, 0.15) is 32.3 Å². The highest BCUT2D eigenvalue weighted by molar-refractivity contribution is 5.47. The summed E-state index contributed by atoms with van der Waals surface area (Å²) in [7, 11) is 4.37. The topological polar surface area (TPSA) is 6.48 Å². The van der Waals surface area contributed by atoms with Gasteiger partial charge in [0.1, 0.15) is 0 Å². The van der Waals surface area contributed by atoms with E-state index in [2.05, 4.69) is 55.1 Å². The summed E-state index contributed by atoms with van der Waals surface area (Å²) in [5, 5.41) is 0. The highest BCUT2D eigenvalue weighted by atomic mass is 15.2. The van der Waals surface area contributed by atoms with Crippen LogP contribution in [0.3, 0.4) is 0 Å². The molecule has 0 bridgehead atoms. The molecule has 0 aliphatic carbocycles. The number of hydrogen-bond acceptors (Lipinski definition) is 2. The Kier molecular flexibility index (Phi) is 6.20. The van der Waals surface area contributed by atoms with Crippen LogP contribution in [0.4, 0.5) is 5.69 Å². The van der Waals surface area contributed by atoms with Crippen LogP contribution in [0.2, 0.25) is 0 Å². The minimum Gasteiger partial charge on any atom is -0.371 e. The quantitative estimate of drug-likeness (QED) is 0.789. The molecule has 1 aromatic carbocycles. The minimum atomic E-state index is 0.765. The molecule has 2 nitrogen and oxygen atoms in total. The zero-order valence-electron chi connectivity index (χ0n) is 12.6. The number of aryl methyl sites for hydroxylation is 1. The van der Waals surface area contributed by atoms with E-state index in [1.165, 1.54) is 37.2 Å². The van der Waals surface area contributed by atoms with Gasteiger partial charge < -0.3 is 9.80 Å². The highest BCUT2D eigenvalue weighted by Gasteiger charge is 2.20. The van der Waals surface area contributed by atoms with E-state index in [4.69, 9.17) is 0 Å². The first-order valence-corrected chi connectivity index (χ1v) is 7.15. The maximum atomic E-state index is 2.50. The first-order chi connectivity index (χ1) is 8.66. The summed E-state index contributed by atoms with van der Waals surface area (Å²) in [5.74, 6) is 0. The molecule has 0 saturated carbocycles. The molecule has 1 aliphatic heterocycles. The van der Waals surface area contributed by atoms with Crippen LogP contribution >= 0.6 is 0 Å². The van der Waals surface area contributed by atoms with Crippen LogP contribution in [0.25, 0.3) is 0 Å². The third kappa shape index (κ3) is 4.02. The summed E-state index contributed by atoms with van der Waals surface area (Å²) >= 11 is 0. The molecule has 18 heavy (non-hydrogen) atoms. The predicted octanol–water partition coefficient (Wildman–Crippen LogP) is 3.55. The molecule has 0 radical (unpaired) electrons. The van der Waals surface area contributed by atoms with Crippen molar-refractivity contribution in [2.24, 2.45) is 0 Å². The van der Waals surface area contributed by atoms with Crippen molar-refractivity contribution in [3.8, 4) is 0 Å². The molecule has 1 aromatic rings. The molecule has 1 fully saturated rings. The normalized spacial score (nSPS) is 16.4. The Hall–Kier alpha value is -1.02. The molecule has 0 N–H and O–H groups in total. The Bertz CT molecular complexity index is 321. The lowest BCUT2D eigenvalue weighted by Crippen LogP contribution is -2.41. The minimum absolute atomic E-state index is 0.765. The standard InChI is InChI=1S/C14H22N2.C2H6/c1-12-4-6-14(7-5-12)16-10-8-13(9-11-16)15(2)3;1-2/h4-7,13H,8-11H2,1-3H3;1-2H3. The molecule has 1 saturated heterocycles. The summed E-state index contributed by atoms with van der Waals surface area (Å²) in [4.78, 5) is 4.85. The van der Waals surface area contributed by atoms with Crippen molar-refractivity contribution in [1.82, 2.24) is 4.90 Å². The fraction of sp³-hybridized carbons (Fsp3) is 0.625. The van der Waals surface area contributed by atoms with Crippen LogP contribution in [-0.2, 0) is 0 Å². The van der Waals surface area contributed by atoms with Crippen molar-refractivity contribution in [3.63, 3.8) is 0 Å². The number of anilines is 1. The molecule has 0 spiro atoms. The number of rotatable bonds is 2. The van der Waals surface area contributed by atoms with E-state index >= 15 is 0 Å². The smallest absolute Gasteiger partial charge is 0.0366 e. The number of piperidine rings is 1. The van der Waals surface area contributed by atoms with Gasteiger partial charge in [0.2, 0.25) is 0 Å². The number of nitrogens with zero attached hydrogens (tertiary/aromatic N) is 2. The summed E-state index contributed by atoms with van der Waals surface area (Å²) in [5.41, 5.74) is 2.72. The Balaban J connectivity index is 0.000000771. The molecule has 1 heterocycles. The van der Waals surface area contributed by atoms with Crippen molar-refractivity contribution in [2.45, 2.75) is 39.7 Å². The maximum Gasteiger partial charge on any atom is 0.0366 e. The van der Waals surface area contributed by atoms with Gasteiger partial charge in [0, 0.05) is 24.8 Å². The first-order valence-electron chi connectivity index (χ1n) is 7.15. The Morgan fingerprint density at radius 1 is 1.00 bits per heavy atom. The zero-order valence-corrected chi connectivity index (χ0v) is 12.6. The molecule has 2 rings (SSSR count). The van der Waals surface area contributed by atoms with Gasteiger partial charge in [-0.2, -0.15) is 0 Å². The molecular weight excluding hydrogens is 220 g/mol. The van der Waals surface area contributed by atoms with E-state index < -0.39 is 0 Å². The average molecular weight is 248 g/mol. The van der Waals surface area contributed by atoms with Gasteiger partial charge in [-0.1, -0.05) is 31.5 Å². The second-order valence-electron chi connectivity index (χ2n) is 5.02. The molecule has 0 amide bonds. The number of benzene rings is 1. The second-order valence-corrected chi connectivity index (χ2v) is 5.02. The molecule has 0 unspecified atom stereocenters. The van der Waals surface area contributed by atoms with Crippen LogP contribution in [0.5, 0.6) is 0 Å². The molecule has 0 atom stereocenters. The van der Waals surface area contributed by atoms with Crippen LogP contribution in [-0.4, -0.2) is 38.1 Å². The first kappa shape index (κ1) is 15.0. The number of hydrogen-bond donors (Lipinski definition) is 0. The lowest BCUT2D eigenvalue weighted by molar-refractivity contribution is 0.249. The summed E-state index contributed by atoms with van der Waals surface area (Å²) in [6.07, 6.45) is 2.56. The highest BCUT2D eigenvalue weighted by Crippen LogP contribution is 2.21. The Labute approximate surface area is 113 Å². The zero-order chi connectivity index (χ0) is 13.5. The van der Waals surface area contributed by atoms with E-state index in [0.29, 0.717) is 0 Å². The average Bonchev–Trinajstić information content (AvgIpc) is 2.42. The fourth-order valence-electron chi connectivity index (χ4n) is 2.40. The van der Waals surface area contributed by atoms with Crippen LogP contribution in [0.15, 0.2) is 24.3 Å². The van der Waals surface area contributed by atoms with Gasteiger partial charge >= 0.3 is 0 Å². The van der Waals surface area contributed by atoms with Crippen molar-refractivity contribution < 1.29 is 0 Å². The van der Waals surface area contributed by atoms with Gasteiger partial charge in [-0.15, -0.1) is 0 Å². The predicted molar refractivity (Wildman–Crippen MR) is 81.4 cm³/mol. The van der Waals surface area contributed by atoms with E-state index in [0.717, 1.165) is 6.04 Å². The maximum absolute atomic E-state index is 2.50. The lowest BCUT2D eigenvalue weighted by Gasteiger charge is -2.36. The Morgan fingerprint density at radius 2 is 1.50 bits per heavy atom. The van der Waals surface area contributed by atoms with Gasteiger partial charge in [0.15, 0.2) is 0 Å². The van der Waals surface area contributed by atoms with Crippen molar-refractivity contribution >= 4 is 5.69 Å². The van der Waals surface area contributed by atoms with Gasteiger partial charge in [0.05, 0.1) is 0 Å². The third-order valence-corrected chi connectivity index (χ3v) is 3.59. The fourth-order valence-corrected chi connectivity index (χ4v) is 2.40. The molecule has 0 aromatic heterocycles. The van der Waals surface area contributed by atoms with Crippen molar-refractivity contribution in [1.29, 1.82) is 0 Å². The van der Waals surface area contributed by atoms with Gasteiger partial charge in [-0.05, 0) is 46.0 Å². The third-order valence-electron chi connectivity index (χ3n) is 3.59. The SMILES string of the molecule is CC.Cc1ccc(N2CCC(N(C)C)CC2)cc1. The summed E-state index contributed by atoms with van der Waals surface area (Å²) < 4.78 is 0. The van der Waals surface area contributed by atoms with E-state index in [1.807, 2.05) is 13.8 Å². The summed E-state index contributed by atoms with van der Waals surface area (Å²) in [6.45, 7) is 8.51. The molecule has 2 heteroatoms. The molecule has 1 aliphatic rings. The largest absolute Gasteiger partial charge is 0.371 e. The monoisotopic (exact) mass is 248 g/mol. The summed E-state index contributed by atoms with van der Waals surface area (Å²) in [6, 6.07) is 9.65. The second kappa shape index (κ2) is 7.42. The lowest BCUT2D eigenvalue weighted by atomic mass is 10.0.